The molecule has 0 saturated carbocycles. The highest BCUT2D eigenvalue weighted by molar-refractivity contribution is 5.71. The lowest BCUT2D eigenvalue weighted by Gasteiger charge is -2.18. The van der Waals surface area contributed by atoms with Crippen molar-refractivity contribution in [2.24, 2.45) is 0 Å². The first kappa shape index (κ1) is 63.8. The molecule has 6 heteroatoms. The predicted molar refractivity (Wildman–Crippen MR) is 293 cm³/mol. The summed E-state index contributed by atoms with van der Waals surface area (Å²) in [6, 6.07) is 0. The third-order valence-electron chi connectivity index (χ3n) is 11.2. The maximum atomic E-state index is 12.8. The summed E-state index contributed by atoms with van der Waals surface area (Å²) in [5.41, 5.74) is 0. The molecule has 0 aliphatic heterocycles. The van der Waals surface area contributed by atoms with Crippen molar-refractivity contribution in [3.8, 4) is 0 Å². The highest BCUT2D eigenvalue weighted by atomic mass is 16.6. The van der Waals surface area contributed by atoms with Crippen molar-refractivity contribution in [3.63, 3.8) is 0 Å². The largest absolute Gasteiger partial charge is 0.462 e. The van der Waals surface area contributed by atoms with Crippen LogP contribution in [0.25, 0.3) is 0 Å². The van der Waals surface area contributed by atoms with Gasteiger partial charge in [0, 0.05) is 19.3 Å². The van der Waals surface area contributed by atoms with E-state index in [4.69, 9.17) is 14.2 Å². The van der Waals surface area contributed by atoms with Gasteiger partial charge < -0.3 is 14.2 Å². The predicted octanol–water partition coefficient (Wildman–Crippen LogP) is 18.5. The van der Waals surface area contributed by atoms with Gasteiger partial charge in [-0.3, -0.25) is 14.4 Å². The second kappa shape index (κ2) is 55.4. The third kappa shape index (κ3) is 52.8. The molecule has 0 rings (SSSR count). The Kier molecular flexibility index (Phi) is 52.0. The SMILES string of the molecule is CC/C=C\C/C=C\C/C=C\C/C=C\C/C=C\CCCC(=O)O[C@@H](COC(=O)CCCCC/C=C\C/C=C\C/C=C\C/C=C\CCCCC)COC(=O)CCCCCCC/C=C\CCCCCCC. The quantitative estimate of drug-likeness (QED) is 0.0262. The number of rotatable bonds is 48. The van der Waals surface area contributed by atoms with Crippen LogP contribution >= 0.6 is 0 Å². The average Bonchev–Trinajstić information content (AvgIpc) is 3.34. The molecule has 0 heterocycles. The molecule has 0 aromatic rings. The first-order chi connectivity index (χ1) is 33.5. The Morgan fingerprint density at radius 1 is 0.309 bits per heavy atom. The molecule has 0 aromatic carbocycles. The Morgan fingerprint density at radius 2 is 0.588 bits per heavy atom. The van der Waals surface area contributed by atoms with E-state index in [2.05, 4.69) is 142 Å². The fourth-order valence-corrected chi connectivity index (χ4v) is 7.04. The van der Waals surface area contributed by atoms with Gasteiger partial charge >= 0.3 is 17.9 Å². The summed E-state index contributed by atoms with van der Waals surface area (Å²) in [7, 11) is 0. The van der Waals surface area contributed by atoms with Gasteiger partial charge in [-0.25, -0.2) is 0 Å². The summed E-state index contributed by atoms with van der Waals surface area (Å²) in [4.78, 5) is 38.1. The molecule has 0 saturated heterocycles. The van der Waals surface area contributed by atoms with Crippen molar-refractivity contribution in [3.05, 3.63) is 122 Å². The lowest BCUT2D eigenvalue weighted by molar-refractivity contribution is -0.167. The van der Waals surface area contributed by atoms with E-state index < -0.39 is 6.10 Å². The smallest absolute Gasteiger partial charge is 0.306 e. The Morgan fingerprint density at radius 3 is 1.00 bits per heavy atom. The number of allylic oxidation sites excluding steroid dienone is 20. The molecule has 0 aliphatic carbocycles. The highest BCUT2D eigenvalue weighted by Crippen LogP contribution is 2.12. The Hall–Kier alpha value is -4.19. The van der Waals surface area contributed by atoms with Gasteiger partial charge in [-0.2, -0.15) is 0 Å². The molecule has 0 unspecified atom stereocenters. The average molecular weight is 941 g/mol. The molecule has 6 nitrogen and oxygen atoms in total. The zero-order chi connectivity index (χ0) is 49.3. The first-order valence-electron chi connectivity index (χ1n) is 27.5. The van der Waals surface area contributed by atoms with E-state index in [1.807, 2.05) is 0 Å². The number of carbonyl (C=O) groups excluding carboxylic acids is 3. The number of hydrogen-bond acceptors (Lipinski definition) is 6. The zero-order valence-electron chi connectivity index (χ0n) is 43.8. The van der Waals surface area contributed by atoms with E-state index >= 15 is 0 Å². The van der Waals surface area contributed by atoms with E-state index in [9.17, 15) is 14.4 Å². The second-order valence-electron chi connectivity index (χ2n) is 17.7. The van der Waals surface area contributed by atoms with Crippen molar-refractivity contribution < 1.29 is 28.6 Å². The van der Waals surface area contributed by atoms with Crippen LogP contribution < -0.4 is 0 Å². The van der Waals surface area contributed by atoms with Crippen LogP contribution in [0.4, 0.5) is 0 Å². The molecule has 0 spiro atoms. The van der Waals surface area contributed by atoms with Crippen LogP contribution in [0.2, 0.25) is 0 Å². The van der Waals surface area contributed by atoms with Gasteiger partial charge in [0.15, 0.2) is 6.10 Å². The van der Waals surface area contributed by atoms with Crippen molar-refractivity contribution in [2.75, 3.05) is 13.2 Å². The fraction of sp³-hybridized carbons (Fsp3) is 0.629. The molecule has 0 amide bonds. The summed E-state index contributed by atoms with van der Waals surface area (Å²) < 4.78 is 16.7. The van der Waals surface area contributed by atoms with Gasteiger partial charge in [0.2, 0.25) is 0 Å². The Bertz CT molecular complexity index is 1450. The second-order valence-corrected chi connectivity index (χ2v) is 17.7. The van der Waals surface area contributed by atoms with E-state index in [-0.39, 0.29) is 37.5 Å². The highest BCUT2D eigenvalue weighted by Gasteiger charge is 2.19. The molecule has 68 heavy (non-hydrogen) atoms. The van der Waals surface area contributed by atoms with Crippen LogP contribution in [0.1, 0.15) is 233 Å². The van der Waals surface area contributed by atoms with Crippen molar-refractivity contribution >= 4 is 17.9 Å². The molecule has 0 N–H and O–H groups in total. The van der Waals surface area contributed by atoms with E-state index in [1.165, 1.54) is 70.6 Å². The van der Waals surface area contributed by atoms with Gasteiger partial charge in [0.25, 0.3) is 0 Å². The summed E-state index contributed by atoms with van der Waals surface area (Å²) in [6.45, 7) is 6.39. The number of esters is 3. The minimum atomic E-state index is -0.828. The first-order valence-corrected chi connectivity index (χ1v) is 27.5. The van der Waals surface area contributed by atoms with Crippen LogP contribution in [-0.2, 0) is 28.6 Å². The maximum absolute atomic E-state index is 12.8. The molecule has 0 aliphatic rings. The molecule has 0 bridgehead atoms. The minimum absolute atomic E-state index is 0.118. The molecule has 384 valence electrons. The van der Waals surface area contributed by atoms with Gasteiger partial charge in [-0.05, 0) is 128 Å². The summed E-state index contributed by atoms with van der Waals surface area (Å²) in [5.74, 6) is -1.02. The van der Waals surface area contributed by atoms with Gasteiger partial charge in [-0.1, -0.05) is 206 Å². The topological polar surface area (TPSA) is 78.9 Å². The van der Waals surface area contributed by atoms with Crippen LogP contribution in [0.5, 0.6) is 0 Å². The Labute approximate surface area is 418 Å². The monoisotopic (exact) mass is 941 g/mol. The van der Waals surface area contributed by atoms with Gasteiger partial charge in [-0.15, -0.1) is 0 Å². The van der Waals surface area contributed by atoms with Crippen LogP contribution in [-0.4, -0.2) is 37.2 Å². The molecule has 0 fully saturated rings. The van der Waals surface area contributed by atoms with Crippen LogP contribution in [0, 0.1) is 0 Å². The number of ether oxygens (including phenoxy) is 3. The van der Waals surface area contributed by atoms with Crippen LogP contribution in [0.3, 0.4) is 0 Å². The molecular weight excluding hydrogens is 841 g/mol. The van der Waals surface area contributed by atoms with Crippen molar-refractivity contribution in [2.45, 2.75) is 239 Å². The number of unbranched alkanes of at least 4 members (excludes halogenated alkanes) is 17. The number of carbonyl (C=O) groups is 3. The summed E-state index contributed by atoms with van der Waals surface area (Å²) >= 11 is 0. The zero-order valence-corrected chi connectivity index (χ0v) is 43.8. The molecular formula is C62H100O6. The van der Waals surface area contributed by atoms with Crippen LogP contribution in [0.15, 0.2) is 122 Å². The van der Waals surface area contributed by atoms with Gasteiger partial charge in [0.05, 0.1) is 0 Å². The Balaban J connectivity index is 4.57. The van der Waals surface area contributed by atoms with E-state index in [1.54, 1.807) is 0 Å². The normalized spacial score (nSPS) is 13.0. The molecule has 0 radical (unpaired) electrons. The summed E-state index contributed by atoms with van der Waals surface area (Å²) in [5, 5.41) is 0. The van der Waals surface area contributed by atoms with E-state index in [0.29, 0.717) is 19.3 Å². The number of hydrogen-bond donors (Lipinski definition) is 0. The minimum Gasteiger partial charge on any atom is -0.462 e. The fourth-order valence-electron chi connectivity index (χ4n) is 7.04. The van der Waals surface area contributed by atoms with Gasteiger partial charge in [0.1, 0.15) is 13.2 Å². The molecule has 0 aromatic heterocycles. The summed E-state index contributed by atoms with van der Waals surface area (Å²) in [6.07, 6.45) is 76.1. The van der Waals surface area contributed by atoms with Crippen molar-refractivity contribution in [1.82, 2.24) is 0 Å². The lowest BCUT2D eigenvalue weighted by Crippen LogP contribution is -2.30. The standard InChI is InChI=1S/C62H100O6/c1-4-7-10-13-16-19-22-25-28-30-31-33-34-37-40-43-46-49-52-55-61(64)67-58-59(57-66-60(63)54-51-48-45-42-39-36-27-24-21-18-15-12-9-6-3)68-62(65)56-53-50-47-44-41-38-35-32-29-26-23-20-17-14-11-8-5-2/h8,11,16-17,19-20,24-29,31,33,35,37-38,40,44,47,59H,4-7,9-10,12-15,18,21-23,30,32,34,36,39,41-43,45-46,48-58H2,1-3H3/b11-8-,19-16-,20-17-,27-24-,28-25-,29-26-,33-31-,38-35-,40-37-,47-44-/t59-/m1/s1. The lowest BCUT2D eigenvalue weighted by atomic mass is 10.1. The third-order valence-corrected chi connectivity index (χ3v) is 11.2. The van der Waals surface area contributed by atoms with E-state index in [0.717, 1.165) is 116 Å². The van der Waals surface area contributed by atoms with Crippen molar-refractivity contribution in [1.29, 1.82) is 0 Å². The molecule has 1 atom stereocenters. The maximum Gasteiger partial charge on any atom is 0.306 e.